The fraction of sp³-hybridized carbons (Fsp3) is 0.529. The van der Waals surface area contributed by atoms with Crippen LogP contribution in [0.1, 0.15) is 50.3 Å². The van der Waals surface area contributed by atoms with Crippen LogP contribution < -0.4 is 9.47 Å². The zero-order valence-corrected chi connectivity index (χ0v) is 41.0. The summed E-state index contributed by atoms with van der Waals surface area (Å²) in [5.74, 6) is -4.66. The van der Waals surface area contributed by atoms with Gasteiger partial charge in [0.2, 0.25) is 12.6 Å². The number of carbonyl (C=O) groups excluding carboxylic acids is 4. The molecule has 0 amide bonds. The first-order chi connectivity index (χ1) is 35.8. The maximum Gasteiger partial charge on any atom is 0.339 e. The number of hydrogen-bond donors (Lipinski definition) is 10. The summed E-state index contributed by atoms with van der Waals surface area (Å²) in [5.41, 5.74) is -0.994. The van der Waals surface area contributed by atoms with Crippen LogP contribution in [0.5, 0.6) is 11.5 Å². The van der Waals surface area contributed by atoms with Gasteiger partial charge in [-0.3, -0.25) is 9.59 Å². The molecule has 24 nitrogen and oxygen atoms in total. The molecule has 0 aliphatic carbocycles. The minimum Gasteiger partial charge on any atom is -0.463 e. The average Bonchev–Trinajstić information content (AvgIpc) is 3.41. The molecule has 75 heavy (non-hydrogen) atoms. The highest BCUT2D eigenvalue weighted by molar-refractivity contribution is 5.87. The fourth-order valence-electron chi connectivity index (χ4n) is 8.20. The molecule has 17 atom stereocenters. The maximum atomic E-state index is 14.7. The van der Waals surface area contributed by atoms with Gasteiger partial charge in [0.1, 0.15) is 98.5 Å². The van der Waals surface area contributed by atoms with Crippen molar-refractivity contribution in [2.75, 3.05) is 19.8 Å². The van der Waals surface area contributed by atoms with Crippen LogP contribution in [0, 0.1) is 5.92 Å². The van der Waals surface area contributed by atoms with E-state index in [4.69, 9.17) is 47.4 Å². The quantitative estimate of drug-likeness (QED) is 0.0316. The Balaban J connectivity index is 1.21. The maximum absolute atomic E-state index is 14.7. The van der Waals surface area contributed by atoms with Crippen molar-refractivity contribution < 1.29 is 118 Å². The molecule has 3 aromatic rings. The summed E-state index contributed by atoms with van der Waals surface area (Å²) in [4.78, 5) is 53.7. The van der Waals surface area contributed by atoms with Crippen molar-refractivity contribution in [1.29, 1.82) is 0 Å². The van der Waals surface area contributed by atoms with E-state index in [9.17, 15) is 70.2 Å². The van der Waals surface area contributed by atoms with Crippen LogP contribution in [0.15, 0.2) is 84.9 Å². The second-order valence-electron chi connectivity index (χ2n) is 18.1. The van der Waals surface area contributed by atoms with E-state index in [2.05, 4.69) is 0 Å². The molecule has 3 aromatic carbocycles. The molecule has 412 valence electrons. The Morgan fingerprint density at radius 1 is 0.613 bits per heavy atom. The number of rotatable bonds is 22. The second-order valence-corrected chi connectivity index (χ2v) is 18.1. The van der Waals surface area contributed by atoms with Crippen molar-refractivity contribution >= 4 is 30.0 Å². The van der Waals surface area contributed by atoms with Crippen molar-refractivity contribution in [3.63, 3.8) is 0 Å². The molecule has 0 aromatic heterocycles. The molecule has 6 rings (SSSR count). The molecule has 0 saturated carbocycles. The highest BCUT2D eigenvalue weighted by Crippen LogP contribution is 2.37. The largest absolute Gasteiger partial charge is 0.463 e. The molecule has 10 N–H and O–H groups in total. The van der Waals surface area contributed by atoms with Gasteiger partial charge in [-0.15, -0.1) is 0 Å². The fourth-order valence-corrected chi connectivity index (χ4v) is 8.20. The summed E-state index contributed by atoms with van der Waals surface area (Å²) >= 11 is 0. The van der Waals surface area contributed by atoms with E-state index in [1.807, 2.05) is 0 Å². The Morgan fingerprint density at radius 3 is 1.60 bits per heavy atom. The van der Waals surface area contributed by atoms with Crippen LogP contribution in [-0.4, -0.2) is 192 Å². The highest BCUT2D eigenvalue weighted by Gasteiger charge is 2.55. The topological polar surface area (TPSA) is 363 Å². The lowest BCUT2D eigenvalue weighted by Gasteiger charge is -2.45. The predicted octanol–water partition coefficient (Wildman–Crippen LogP) is -1.34. The van der Waals surface area contributed by atoms with Gasteiger partial charge >= 0.3 is 23.9 Å². The van der Waals surface area contributed by atoms with Crippen LogP contribution in [0.2, 0.25) is 0 Å². The molecule has 24 heteroatoms. The third kappa shape index (κ3) is 14.8. The van der Waals surface area contributed by atoms with E-state index in [1.54, 1.807) is 44.2 Å². The summed E-state index contributed by atoms with van der Waals surface area (Å²) in [5, 5.41) is 104. The zero-order chi connectivity index (χ0) is 54.6. The van der Waals surface area contributed by atoms with Crippen LogP contribution in [-0.2, 0) is 70.3 Å². The van der Waals surface area contributed by atoms with Crippen LogP contribution in [0.3, 0.4) is 0 Å². The lowest BCUT2D eigenvalue weighted by Crippen LogP contribution is -2.64. The minimum absolute atomic E-state index is 0.104. The standard InChI is InChI=1S/C51H64O24/c1-4-26(2)51(50(65)68-24-30-12-17-32(18-13-30)70-48-44(63)41(60)39(58)34(22-53)72-48,20-37(56)67-23-29-10-15-31(16-11-29)69-47-43(62)40(59)38(57)33(21-52)71-47)75-49-45(64)42(61)46(35(73-49)25-66-27(3)54)74-36(55)19-14-28-8-6-5-7-9-28/h5-19,26,33-35,38-49,52-53,57-64H,4,20-25H2,1-3H3. The molecule has 3 fully saturated rings. The number of aliphatic hydroxyl groups excluding tert-OH is 10. The second kappa shape index (κ2) is 26.9. The monoisotopic (exact) mass is 1060 g/mol. The molecule has 3 saturated heterocycles. The van der Waals surface area contributed by atoms with Crippen molar-refractivity contribution in [1.82, 2.24) is 0 Å². The SMILES string of the molecule is CCC(C)C(CC(=O)OCc1ccc(OC2OC(CO)C(O)C(O)C2O)cc1)(OC1OC(COC(C)=O)C(OC(=O)C=Cc2ccccc2)C(O)C1O)C(=O)OCc1ccc(OC2OC(CO)C(O)C(O)C2O)cc1. The summed E-state index contributed by atoms with van der Waals surface area (Å²) in [7, 11) is 0. The molecule has 0 bridgehead atoms. The predicted molar refractivity (Wildman–Crippen MR) is 252 cm³/mol. The van der Waals surface area contributed by atoms with E-state index in [-0.39, 0.29) is 24.5 Å². The smallest absolute Gasteiger partial charge is 0.339 e. The van der Waals surface area contributed by atoms with Crippen LogP contribution >= 0.6 is 0 Å². The Labute approximate surface area is 430 Å². The van der Waals surface area contributed by atoms with Crippen molar-refractivity contribution in [3.05, 3.63) is 102 Å². The Bertz CT molecular complexity index is 2330. The molecule has 0 spiro atoms. The minimum atomic E-state index is -2.37. The first-order valence-corrected chi connectivity index (χ1v) is 24.0. The number of benzene rings is 3. The first-order valence-electron chi connectivity index (χ1n) is 24.0. The normalized spacial score (nSPS) is 31.1. The lowest BCUT2D eigenvalue weighted by atomic mass is 9.83. The van der Waals surface area contributed by atoms with Crippen LogP contribution in [0.4, 0.5) is 0 Å². The third-order valence-electron chi connectivity index (χ3n) is 12.9. The van der Waals surface area contributed by atoms with Gasteiger partial charge in [-0.05, 0) is 52.9 Å². The Kier molecular flexibility index (Phi) is 21.0. The van der Waals surface area contributed by atoms with Crippen molar-refractivity contribution in [3.8, 4) is 11.5 Å². The Hall–Kier alpha value is -5.68. The Morgan fingerprint density at radius 2 is 1.11 bits per heavy atom. The van der Waals surface area contributed by atoms with Gasteiger partial charge in [0.25, 0.3) is 0 Å². The number of aliphatic hydroxyl groups is 10. The highest BCUT2D eigenvalue weighted by atomic mass is 16.7. The van der Waals surface area contributed by atoms with Gasteiger partial charge in [-0.25, -0.2) is 9.59 Å². The van der Waals surface area contributed by atoms with Gasteiger partial charge in [0.05, 0.1) is 19.6 Å². The van der Waals surface area contributed by atoms with Gasteiger partial charge in [-0.2, -0.15) is 0 Å². The molecule has 17 unspecified atom stereocenters. The summed E-state index contributed by atoms with van der Waals surface area (Å²) in [6.45, 7) is 1.46. The molecular formula is C51H64O24. The van der Waals surface area contributed by atoms with E-state index < -0.39 is 160 Å². The average molecular weight is 1060 g/mol. The van der Waals surface area contributed by atoms with E-state index >= 15 is 0 Å². The van der Waals surface area contributed by atoms with Crippen molar-refractivity contribution in [2.45, 2.75) is 145 Å². The molecule has 3 heterocycles. The summed E-state index contributed by atoms with van der Waals surface area (Å²) in [6, 6.07) is 20.3. The van der Waals surface area contributed by atoms with Gasteiger partial charge in [0, 0.05) is 13.0 Å². The zero-order valence-electron chi connectivity index (χ0n) is 41.0. The summed E-state index contributed by atoms with van der Waals surface area (Å²) < 4.78 is 56.6. The summed E-state index contributed by atoms with van der Waals surface area (Å²) in [6.07, 6.45) is -22.8. The number of hydrogen-bond acceptors (Lipinski definition) is 24. The van der Waals surface area contributed by atoms with Gasteiger partial charge in [-0.1, -0.05) is 74.9 Å². The van der Waals surface area contributed by atoms with E-state index in [0.29, 0.717) is 16.7 Å². The lowest BCUT2D eigenvalue weighted by molar-refractivity contribution is -0.331. The van der Waals surface area contributed by atoms with Gasteiger partial charge < -0.3 is 98.4 Å². The number of esters is 4. The molecule has 0 radical (unpaired) electrons. The molecule has 3 aliphatic heterocycles. The molecular weight excluding hydrogens is 997 g/mol. The van der Waals surface area contributed by atoms with Crippen molar-refractivity contribution in [2.24, 2.45) is 5.92 Å². The van der Waals surface area contributed by atoms with Crippen LogP contribution in [0.25, 0.3) is 6.08 Å². The first kappa shape index (κ1) is 58.6. The molecule has 3 aliphatic rings. The third-order valence-corrected chi connectivity index (χ3v) is 12.9. The van der Waals surface area contributed by atoms with Gasteiger partial charge in [0.15, 0.2) is 18.0 Å². The van der Waals surface area contributed by atoms with E-state index in [1.165, 1.54) is 54.6 Å². The number of ether oxygens (including phenoxy) is 10. The van der Waals surface area contributed by atoms with E-state index in [0.717, 1.165) is 13.0 Å². The number of carbonyl (C=O) groups is 4.